The number of benzene rings is 10. The maximum Gasteiger partial charge on any atom is 0.0353 e. The second-order valence-electron chi connectivity index (χ2n) is 23.9. The first-order valence-corrected chi connectivity index (χ1v) is 26.6. The van der Waals surface area contributed by atoms with Crippen LogP contribution < -0.4 is 0 Å². The van der Waals surface area contributed by atoms with Gasteiger partial charge in [-0.05, 0) is 192 Å². The van der Waals surface area contributed by atoms with Crippen LogP contribution >= 0.6 is 0 Å². The van der Waals surface area contributed by atoms with Crippen LogP contribution in [-0.4, -0.2) is 4.98 Å². The fourth-order valence-electron chi connectivity index (χ4n) is 14.6. The van der Waals surface area contributed by atoms with Crippen molar-refractivity contribution in [2.45, 2.75) is 77.0 Å². The number of hydrogen-bond acceptors (Lipinski definition) is 1. The molecular formula is C73H57N. The normalized spacial score (nSPS) is 16.0. The van der Waals surface area contributed by atoms with E-state index < -0.39 is 0 Å². The molecule has 0 saturated carbocycles. The van der Waals surface area contributed by atoms with Crippen LogP contribution in [0.4, 0.5) is 0 Å². The zero-order valence-corrected chi connectivity index (χ0v) is 43.5. The van der Waals surface area contributed by atoms with Gasteiger partial charge in [-0.15, -0.1) is 0 Å². The summed E-state index contributed by atoms with van der Waals surface area (Å²) in [6.45, 7) is 19.1. The Bertz CT molecular complexity index is 3970. The second-order valence-corrected chi connectivity index (χ2v) is 23.9. The monoisotopic (exact) mass is 947 g/mol. The predicted molar refractivity (Wildman–Crippen MR) is 311 cm³/mol. The molecule has 0 spiro atoms. The predicted octanol–water partition coefficient (Wildman–Crippen LogP) is 19.3. The summed E-state index contributed by atoms with van der Waals surface area (Å²) < 4.78 is 0. The standard InChI is InChI=1S/C73H57N/c1-70(2)60-19-13-11-15-48(60)50-27-21-42(35-62(50)70)44-23-29-52-54-31-25-46(39-66(54)72(5,6)64(52)37-44)68-56-17-9-10-18-57(56)69(59-41-74-34-33-58(59)68)47-26-32-55-53-30-24-45(38-65(53)73(7,8)67(55)40-47)43-22-28-51-49-16-12-14-20-61(49)71(3,4)63(51)36-43/h9-41H,1-8H3. The first-order valence-electron chi connectivity index (χ1n) is 26.6. The molecule has 4 aliphatic carbocycles. The number of pyridine rings is 1. The van der Waals surface area contributed by atoms with E-state index in [1.165, 1.54) is 155 Å². The van der Waals surface area contributed by atoms with Crippen LogP contribution in [0.25, 0.3) is 111 Å². The smallest absolute Gasteiger partial charge is 0.0353 e. The lowest BCUT2D eigenvalue weighted by molar-refractivity contribution is 0.659. The van der Waals surface area contributed by atoms with E-state index in [0.29, 0.717) is 0 Å². The molecule has 11 aromatic rings. The Balaban J connectivity index is 0.800. The van der Waals surface area contributed by atoms with E-state index in [0.717, 1.165) is 0 Å². The van der Waals surface area contributed by atoms with E-state index in [4.69, 9.17) is 4.98 Å². The number of nitrogens with zero attached hydrogens (tertiary/aromatic N) is 1. The molecule has 0 amide bonds. The van der Waals surface area contributed by atoms with Gasteiger partial charge in [0.15, 0.2) is 0 Å². The van der Waals surface area contributed by atoms with E-state index in [1.54, 1.807) is 0 Å². The number of aromatic nitrogens is 1. The van der Waals surface area contributed by atoms with E-state index in [-0.39, 0.29) is 21.7 Å². The molecule has 1 aromatic heterocycles. The van der Waals surface area contributed by atoms with E-state index in [9.17, 15) is 0 Å². The lowest BCUT2D eigenvalue weighted by Gasteiger charge is -2.24. The third-order valence-electron chi connectivity index (χ3n) is 18.6. The summed E-state index contributed by atoms with van der Waals surface area (Å²) in [6, 6.07) is 72.2. The Kier molecular flexibility index (Phi) is 8.67. The Morgan fingerprint density at radius 3 is 0.892 bits per heavy atom. The van der Waals surface area contributed by atoms with Gasteiger partial charge in [0.2, 0.25) is 0 Å². The minimum Gasteiger partial charge on any atom is -0.264 e. The molecule has 10 aromatic carbocycles. The van der Waals surface area contributed by atoms with Crippen molar-refractivity contribution in [3.63, 3.8) is 0 Å². The van der Waals surface area contributed by atoms with Crippen molar-refractivity contribution in [2.75, 3.05) is 0 Å². The van der Waals surface area contributed by atoms with Crippen molar-refractivity contribution in [1.82, 2.24) is 4.98 Å². The van der Waals surface area contributed by atoms with Crippen LogP contribution in [0.3, 0.4) is 0 Å². The van der Waals surface area contributed by atoms with Crippen molar-refractivity contribution in [1.29, 1.82) is 0 Å². The van der Waals surface area contributed by atoms with Gasteiger partial charge in [0.05, 0.1) is 0 Å². The molecule has 15 rings (SSSR count). The summed E-state index contributed by atoms with van der Waals surface area (Å²) in [5.41, 5.74) is 31.5. The summed E-state index contributed by atoms with van der Waals surface area (Å²) in [5.74, 6) is 0. The van der Waals surface area contributed by atoms with Crippen molar-refractivity contribution in [3.8, 4) is 89.0 Å². The highest BCUT2D eigenvalue weighted by Crippen LogP contribution is 2.56. The molecule has 0 fully saturated rings. The fraction of sp³-hybridized carbons (Fsp3) is 0.164. The summed E-state index contributed by atoms with van der Waals surface area (Å²) in [5, 5.41) is 4.89. The Hall–Kier alpha value is -8.13. The van der Waals surface area contributed by atoms with Gasteiger partial charge in [-0.2, -0.15) is 0 Å². The van der Waals surface area contributed by atoms with Gasteiger partial charge in [-0.25, -0.2) is 0 Å². The quantitative estimate of drug-likeness (QED) is 0.160. The molecule has 0 bridgehead atoms. The zero-order chi connectivity index (χ0) is 50.2. The lowest BCUT2D eigenvalue weighted by atomic mass is 9.79. The topological polar surface area (TPSA) is 12.9 Å². The second kappa shape index (κ2) is 14.8. The van der Waals surface area contributed by atoms with Crippen molar-refractivity contribution in [2.24, 2.45) is 0 Å². The SMILES string of the molecule is CC1(C)c2ccccc2-c2ccc(-c3ccc4c(c3)C(C)(C)c3cc(-c5c6ccccc6c(-c6ccc7c(c6)C(C)(C)c6cc(-c8ccc9c(c8)C(C)(C)c8ccccc8-9)ccc6-7)c6cnccc56)ccc3-4)cc21. The average molecular weight is 948 g/mol. The van der Waals surface area contributed by atoms with Crippen molar-refractivity contribution >= 4 is 21.5 Å². The average Bonchev–Trinajstić information content (AvgIpc) is 4.00. The first kappa shape index (κ1) is 43.5. The maximum atomic E-state index is 4.83. The Morgan fingerprint density at radius 1 is 0.243 bits per heavy atom. The van der Waals surface area contributed by atoms with E-state index >= 15 is 0 Å². The first-order chi connectivity index (χ1) is 35.7. The molecule has 74 heavy (non-hydrogen) atoms. The molecule has 1 nitrogen and oxygen atoms in total. The third-order valence-corrected chi connectivity index (χ3v) is 18.6. The van der Waals surface area contributed by atoms with Crippen LogP contribution in [0.1, 0.15) is 99.9 Å². The highest BCUT2D eigenvalue weighted by Gasteiger charge is 2.40. The molecule has 0 N–H and O–H groups in total. The van der Waals surface area contributed by atoms with Gasteiger partial charge >= 0.3 is 0 Å². The van der Waals surface area contributed by atoms with Crippen molar-refractivity contribution < 1.29 is 0 Å². The zero-order valence-electron chi connectivity index (χ0n) is 43.5. The molecule has 0 atom stereocenters. The van der Waals surface area contributed by atoms with Crippen LogP contribution in [0.2, 0.25) is 0 Å². The third kappa shape index (κ3) is 5.73. The highest BCUT2D eigenvalue weighted by atomic mass is 14.6. The molecule has 1 heterocycles. The number of hydrogen-bond donors (Lipinski definition) is 0. The molecule has 4 aliphatic rings. The van der Waals surface area contributed by atoms with E-state index in [1.807, 2.05) is 6.20 Å². The van der Waals surface area contributed by atoms with Crippen LogP contribution in [0.5, 0.6) is 0 Å². The summed E-state index contributed by atoms with van der Waals surface area (Å²) in [4.78, 5) is 4.83. The fourth-order valence-corrected chi connectivity index (χ4v) is 14.6. The molecule has 1 heteroatoms. The Morgan fingerprint density at radius 2 is 0.514 bits per heavy atom. The summed E-state index contributed by atoms with van der Waals surface area (Å²) in [7, 11) is 0. The highest BCUT2D eigenvalue weighted by molar-refractivity contribution is 6.21. The van der Waals surface area contributed by atoms with Crippen LogP contribution in [-0.2, 0) is 21.7 Å². The summed E-state index contributed by atoms with van der Waals surface area (Å²) >= 11 is 0. The molecular weight excluding hydrogens is 891 g/mol. The van der Waals surface area contributed by atoms with Gasteiger partial charge < -0.3 is 0 Å². The largest absolute Gasteiger partial charge is 0.264 e. The van der Waals surface area contributed by atoms with Gasteiger partial charge in [0.1, 0.15) is 0 Å². The van der Waals surface area contributed by atoms with Crippen LogP contribution in [0, 0.1) is 0 Å². The molecule has 0 unspecified atom stereocenters. The van der Waals surface area contributed by atoms with Gasteiger partial charge in [-0.1, -0.05) is 201 Å². The maximum absolute atomic E-state index is 4.83. The lowest BCUT2D eigenvalue weighted by Crippen LogP contribution is -2.15. The number of rotatable bonds is 4. The summed E-state index contributed by atoms with van der Waals surface area (Å²) in [6.07, 6.45) is 4.07. The molecule has 0 aliphatic heterocycles. The Labute approximate surface area is 435 Å². The minimum atomic E-state index is -0.201. The van der Waals surface area contributed by atoms with Crippen molar-refractivity contribution in [3.05, 3.63) is 245 Å². The molecule has 0 radical (unpaired) electrons. The van der Waals surface area contributed by atoms with Crippen LogP contribution in [0.15, 0.2) is 200 Å². The van der Waals surface area contributed by atoms with Gasteiger partial charge in [-0.3, -0.25) is 4.98 Å². The van der Waals surface area contributed by atoms with E-state index in [2.05, 4.69) is 250 Å². The number of fused-ring (bicyclic) bond motifs is 14. The molecule has 0 saturated heterocycles. The van der Waals surface area contributed by atoms with Gasteiger partial charge in [0.25, 0.3) is 0 Å². The molecule has 354 valence electrons. The minimum absolute atomic E-state index is 0.0420. The van der Waals surface area contributed by atoms with Gasteiger partial charge in [0, 0.05) is 39.4 Å².